The number of hydrogen-bond acceptors (Lipinski definition) is 5. The molecule has 140 valence electrons. The summed E-state index contributed by atoms with van der Waals surface area (Å²) in [6.07, 6.45) is 5.68. The number of fused-ring (bicyclic) bond motifs is 1. The average molecular weight is 371 g/mol. The van der Waals surface area contributed by atoms with Gasteiger partial charge in [0.1, 0.15) is 5.82 Å². The van der Waals surface area contributed by atoms with E-state index in [9.17, 15) is 4.79 Å². The van der Waals surface area contributed by atoms with Crippen molar-refractivity contribution in [3.63, 3.8) is 0 Å². The van der Waals surface area contributed by atoms with Crippen LogP contribution in [0.15, 0.2) is 42.9 Å². The Kier molecular flexibility index (Phi) is 4.44. The number of pyridine rings is 2. The number of nitrogens with zero attached hydrogens (tertiary/aromatic N) is 3. The predicted molar refractivity (Wildman–Crippen MR) is 109 cm³/mol. The van der Waals surface area contributed by atoms with E-state index in [4.69, 9.17) is 11.0 Å². The van der Waals surface area contributed by atoms with Gasteiger partial charge in [0.05, 0.1) is 6.07 Å². The Bertz CT molecular complexity index is 1120. The lowest BCUT2D eigenvalue weighted by molar-refractivity contribution is -0.117. The van der Waals surface area contributed by atoms with Crippen molar-refractivity contribution < 1.29 is 4.79 Å². The largest absolute Gasteiger partial charge is 0.398 e. The van der Waals surface area contributed by atoms with Gasteiger partial charge in [0.15, 0.2) is 0 Å². The highest BCUT2D eigenvalue weighted by Crippen LogP contribution is 2.48. The molecule has 0 spiro atoms. The fourth-order valence-electron chi connectivity index (χ4n) is 3.88. The van der Waals surface area contributed by atoms with Gasteiger partial charge in [-0.25, -0.2) is 4.98 Å². The van der Waals surface area contributed by atoms with E-state index in [-0.39, 0.29) is 23.7 Å². The van der Waals surface area contributed by atoms with Crippen molar-refractivity contribution in [2.24, 2.45) is 17.8 Å². The molecule has 1 amide bonds. The Balaban J connectivity index is 1.64. The van der Waals surface area contributed by atoms with Gasteiger partial charge in [-0.05, 0) is 59.5 Å². The van der Waals surface area contributed by atoms with Crippen molar-refractivity contribution >= 4 is 28.2 Å². The third-order valence-electron chi connectivity index (χ3n) is 5.66. The summed E-state index contributed by atoms with van der Waals surface area (Å²) in [5.41, 5.74) is 9.98. The van der Waals surface area contributed by atoms with Crippen LogP contribution >= 0.6 is 0 Å². The quantitative estimate of drug-likeness (QED) is 0.676. The van der Waals surface area contributed by atoms with Crippen LogP contribution < -0.4 is 11.1 Å². The summed E-state index contributed by atoms with van der Waals surface area (Å²) in [4.78, 5) is 21.1. The second-order valence-electron chi connectivity index (χ2n) is 7.45. The van der Waals surface area contributed by atoms with Crippen LogP contribution in [0.1, 0.15) is 18.9 Å². The van der Waals surface area contributed by atoms with Gasteiger partial charge >= 0.3 is 0 Å². The number of nitrogens with one attached hydrogen (secondary N) is 1. The van der Waals surface area contributed by atoms with Gasteiger partial charge in [-0.3, -0.25) is 9.78 Å². The first-order valence-corrected chi connectivity index (χ1v) is 9.27. The molecule has 28 heavy (non-hydrogen) atoms. The molecular formula is C22H21N5O. The van der Waals surface area contributed by atoms with Crippen molar-refractivity contribution in [1.82, 2.24) is 9.97 Å². The predicted octanol–water partition coefficient (Wildman–Crippen LogP) is 3.92. The molecule has 6 nitrogen and oxygen atoms in total. The Labute approximate surface area is 163 Å². The highest BCUT2D eigenvalue weighted by Gasteiger charge is 2.51. The second-order valence-corrected chi connectivity index (χ2v) is 7.45. The summed E-state index contributed by atoms with van der Waals surface area (Å²) in [6.45, 7) is 4.04. The summed E-state index contributed by atoms with van der Waals surface area (Å²) >= 11 is 0. The van der Waals surface area contributed by atoms with Crippen LogP contribution in [0.5, 0.6) is 0 Å². The normalized spacial score (nSPS) is 20.5. The second kappa shape index (κ2) is 6.93. The number of aromatic nitrogens is 2. The maximum absolute atomic E-state index is 12.5. The number of aryl methyl sites for hydroxylation is 1. The zero-order valence-electron chi connectivity index (χ0n) is 15.8. The van der Waals surface area contributed by atoms with Crippen molar-refractivity contribution in [3.05, 3.63) is 48.4 Å². The number of rotatable bonds is 4. The van der Waals surface area contributed by atoms with Crippen molar-refractivity contribution in [3.8, 4) is 17.2 Å². The van der Waals surface area contributed by atoms with E-state index in [1.165, 1.54) is 0 Å². The molecule has 3 aromatic rings. The number of nitrogens with two attached hydrogens (primary N) is 1. The van der Waals surface area contributed by atoms with Crippen molar-refractivity contribution in [2.45, 2.75) is 20.3 Å². The first kappa shape index (κ1) is 17.9. The lowest BCUT2D eigenvalue weighted by atomic mass is 9.99. The van der Waals surface area contributed by atoms with E-state index in [1.807, 2.05) is 44.3 Å². The van der Waals surface area contributed by atoms with E-state index in [2.05, 4.69) is 21.4 Å². The molecule has 1 aliphatic rings. The van der Waals surface area contributed by atoms with Crippen LogP contribution in [0.4, 0.5) is 11.5 Å². The zero-order chi connectivity index (χ0) is 19.8. The molecule has 1 aliphatic carbocycles. The Hall–Kier alpha value is -3.46. The van der Waals surface area contributed by atoms with Crippen LogP contribution in [0.25, 0.3) is 21.9 Å². The maximum atomic E-state index is 12.5. The number of nitriles is 1. The number of hydrogen-bond donors (Lipinski definition) is 2. The number of benzene rings is 1. The van der Waals surface area contributed by atoms with Crippen LogP contribution in [-0.2, 0) is 4.79 Å². The summed E-state index contributed by atoms with van der Waals surface area (Å²) in [5, 5.41) is 13.5. The zero-order valence-corrected chi connectivity index (χ0v) is 15.8. The lowest BCUT2D eigenvalue weighted by Gasteiger charge is -2.11. The summed E-state index contributed by atoms with van der Waals surface area (Å²) in [5.74, 6) is 0.669. The molecule has 2 aromatic heterocycles. The van der Waals surface area contributed by atoms with Crippen LogP contribution in [-0.4, -0.2) is 15.9 Å². The SMILES string of the molecule is Cc1ccncc1-c1cc(N)c2cnc(NC(=O)[C@H]3[C@H](C)[C@@H]3CC#N)cc2c1. The number of carbonyl (C=O) groups is 1. The molecule has 0 radical (unpaired) electrons. The Morgan fingerprint density at radius 1 is 1.32 bits per heavy atom. The monoisotopic (exact) mass is 371 g/mol. The first-order chi connectivity index (χ1) is 13.5. The molecule has 3 N–H and O–H groups in total. The summed E-state index contributed by atoms with van der Waals surface area (Å²) in [6, 6.07) is 9.90. The standard InChI is InChI=1S/C22H21N5O/c1-12-4-6-25-10-17(12)14-7-15-9-20(26-11-18(15)19(24)8-14)27-22(28)21-13(2)16(21)3-5-23/h4,6-11,13,16,21H,3,24H2,1-2H3,(H,26,27,28)/t13-,16+,21+/m1/s1. The number of carbonyl (C=O) groups excluding carboxylic acids is 1. The molecule has 3 atom stereocenters. The van der Waals surface area contributed by atoms with Gasteiger partial charge < -0.3 is 11.1 Å². The van der Waals surface area contributed by atoms with E-state index < -0.39 is 0 Å². The molecule has 2 heterocycles. The first-order valence-electron chi connectivity index (χ1n) is 9.27. The average Bonchev–Trinajstić information content (AvgIpc) is 3.31. The van der Waals surface area contributed by atoms with E-state index in [1.54, 1.807) is 12.4 Å². The lowest BCUT2D eigenvalue weighted by Crippen LogP contribution is -2.16. The minimum Gasteiger partial charge on any atom is -0.398 e. The third kappa shape index (κ3) is 3.16. The highest BCUT2D eigenvalue weighted by molar-refractivity contribution is 6.00. The van der Waals surface area contributed by atoms with Gasteiger partial charge in [-0.1, -0.05) is 6.92 Å². The number of nitrogen functional groups attached to an aromatic ring is 1. The smallest absolute Gasteiger partial charge is 0.229 e. The molecule has 0 aliphatic heterocycles. The van der Waals surface area contributed by atoms with Gasteiger partial charge in [-0.15, -0.1) is 0 Å². The van der Waals surface area contributed by atoms with Gasteiger partial charge in [0, 0.05) is 47.6 Å². The Morgan fingerprint density at radius 3 is 2.89 bits per heavy atom. The maximum Gasteiger partial charge on any atom is 0.229 e. The molecule has 1 aromatic carbocycles. The number of amides is 1. The minimum absolute atomic E-state index is 0.0770. The van der Waals surface area contributed by atoms with Gasteiger partial charge in [0.2, 0.25) is 5.91 Å². The van der Waals surface area contributed by atoms with Crippen LogP contribution in [0.3, 0.4) is 0 Å². The third-order valence-corrected chi connectivity index (χ3v) is 5.66. The van der Waals surface area contributed by atoms with Gasteiger partial charge in [-0.2, -0.15) is 5.26 Å². The molecule has 0 saturated heterocycles. The topological polar surface area (TPSA) is 105 Å². The molecule has 0 bridgehead atoms. The van der Waals surface area contributed by atoms with Gasteiger partial charge in [0.25, 0.3) is 0 Å². The van der Waals surface area contributed by atoms with Crippen molar-refractivity contribution in [2.75, 3.05) is 11.1 Å². The fraction of sp³-hybridized carbons (Fsp3) is 0.273. The van der Waals surface area contributed by atoms with E-state index in [0.29, 0.717) is 17.9 Å². The molecule has 0 unspecified atom stereocenters. The summed E-state index contributed by atoms with van der Waals surface area (Å²) in [7, 11) is 0. The molecule has 4 rings (SSSR count). The van der Waals surface area contributed by atoms with Crippen molar-refractivity contribution in [1.29, 1.82) is 5.26 Å². The van der Waals surface area contributed by atoms with E-state index >= 15 is 0 Å². The fourth-order valence-corrected chi connectivity index (χ4v) is 3.88. The highest BCUT2D eigenvalue weighted by atomic mass is 16.2. The molecule has 1 fully saturated rings. The summed E-state index contributed by atoms with van der Waals surface area (Å²) < 4.78 is 0. The number of anilines is 2. The minimum atomic E-state index is -0.119. The molecular weight excluding hydrogens is 350 g/mol. The Morgan fingerprint density at radius 2 is 2.14 bits per heavy atom. The van der Waals surface area contributed by atoms with Crippen LogP contribution in [0.2, 0.25) is 0 Å². The molecule has 6 heteroatoms. The van der Waals surface area contributed by atoms with Crippen LogP contribution in [0, 0.1) is 36.0 Å². The van der Waals surface area contributed by atoms with E-state index in [0.717, 1.165) is 27.5 Å². The molecule has 1 saturated carbocycles.